The third kappa shape index (κ3) is 8.74. The van der Waals surface area contributed by atoms with Gasteiger partial charge in [-0.1, -0.05) is 34.6 Å². The van der Waals surface area contributed by atoms with Crippen molar-refractivity contribution in [3.05, 3.63) is 0 Å². The highest BCUT2D eigenvalue weighted by molar-refractivity contribution is 5.83. The summed E-state index contributed by atoms with van der Waals surface area (Å²) >= 11 is 0. The van der Waals surface area contributed by atoms with Crippen LogP contribution in [-0.4, -0.2) is 42.9 Å². The molecule has 0 bridgehead atoms. The van der Waals surface area contributed by atoms with Crippen LogP contribution in [0, 0.1) is 11.3 Å². The predicted molar refractivity (Wildman–Crippen MR) is 77.7 cm³/mol. The highest BCUT2D eigenvalue weighted by Gasteiger charge is 2.32. The number of hydrogen-bond acceptors (Lipinski definition) is 3. The van der Waals surface area contributed by atoms with Crippen molar-refractivity contribution in [2.45, 2.75) is 47.1 Å². The number of carboxylic acid groups (broad SMARTS) is 1. The first-order valence-electron chi connectivity index (χ1n) is 6.99. The molecule has 0 radical (unpaired) electrons. The molecule has 0 aliphatic carbocycles. The van der Waals surface area contributed by atoms with Crippen LogP contribution >= 0.6 is 0 Å². The summed E-state index contributed by atoms with van der Waals surface area (Å²) in [6.07, 6.45) is 0.983. The quantitative estimate of drug-likeness (QED) is 0.595. The Bertz CT molecular complexity index is 311. The van der Waals surface area contributed by atoms with Crippen LogP contribution in [0.1, 0.15) is 41.0 Å². The van der Waals surface area contributed by atoms with E-state index in [4.69, 9.17) is 9.84 Å². The van der Waals surface area contributed by atoms with Gasteiger partial charge in [0.25, 0.3) is 0 Å². The second-order valence-corrected chi connectivity index (χ2v) is 6.33. The van der Waals surface area contributed by atoms with Crippen LogP contribution in [0.4, 0.5) is 4.79 Å². The van der Waals surface area contributed by atoms with Gasteiger partial charge >= 0.3 is 12.0 Å². The molecule has 0 aromatic heterocycles. The maximum Gasteiger partial charge on any atom is 0.326 e. The Morgan fingerprint density at radius 1 is 1.20 bits per heavy atom. The molecule has 0 spiro atoms. The fraction of sp³-hybridized carbons (Fsp3) is 0.857. The molecule has 2 amide bonds. The molecule has 0 aliphatic rings. The minimum Gasteiger partial charge on any atom is -0.480 e. The van der Waals surface area contributed by atoms with Crippen LogP contribution in [0.5, 0.6) is 0 Å². The van der Waals surface area contributed by atoms with E-state index in [2.05, 4.69) is 24.5 Å². The molecule has 0 aromatic carbocycles. The molecule has 20 heavy (non-hydrogen) atoms. The van der Waals surface area contributed by atoms with Crippen molar-refractivity contribution in [3.63, 3.8) is 0 Å². The Balaban J connectivity index is 3.90. The number of hydrogen-bond donors (Lipinski definition) is 3. The lowest BCUT2D eigenvalue weighted by atomic mass is 9.87. The van der Waals surface area contributed by atoms with Gasteiger partial charge < -0.3 is 20.5 Å². The average molecular weight is 288 g/mol. The third-order valence-electron chi connectivity index (χ3n) is 2.76. The van der Waals surface area contributed by atoms with Gasteiger partial charge in [-0.05, 0) is 17.8 Å². The van der Waals surface area contributed by atoms with E-state index in [1.165, 1.54) is 0 Å². The summed E-state index contributed by atoms with van der Waals surface area (Å²) in [4.78, 5) is 22.7. The van der Waals surface area contributed by atoms with E-state index in [0.717, 1.165) is 6.42 Å². The highest BCUT2D eigenvalue weighted by Crippen LogP contribution is 2.19. The van der Waals surface area contributed by atoms with Gasteiger partial charge in [-0.3, -0.25) is 0 Å². The van der Waals surface area contributed by atoms with Gasteiger partial charge in [-0.25, -0.2) is 9.59 Å². The first-order chi connectivity index (χ1) is 9.14. The van der Waals surface area contributed by atoms with Gasteiger partial charge in [0.1, 0.15) is 6.04 Å². The zero-order valence-electron chi connectivity index (χ0n) is 13.2. The molecule has 0 aromatic rings. The summed E-state index contributed by atoms with van der Waals surface area (Å²) < 4.78 is 5.36. The van der Waals surface area contributed by atoms with Gasteiger partial charge in [0.2, 0.25) is 0 Å². The topological polar surface area (TPSA) is 87.7 Å². The Kier molecular flexibility index (Phi) is 8.22. The zero-order valence-corrected chi connectivity index (χ0v) is 13.2. The largest absolute Gasteiger partial charge is 0.480 e. The number of ether oxygens (including phenoxy) is 1. The number of carbonyl (C=O) groups excluding carboxylic acids is 1. The Hall–Kier alpha value is -1.30. The number of carboxylic acids is 1. The number of carbonyl (C=O) groups is 2. The van der Waals surface area contributed by atoms with E-state index in [9.17, 15) is 9.59 Å². The standard InChI is InChI=1S/C14H28N2O4/c1-10(2)6-8-20-9-7-15-13(19)16-11(12(17)18)14(3,4)5/h10-11H,6-9H2,1-5H3,(H,17,18)(H2,15,16,19)/t11-/m0/s1. The van der Waals surface area contributed by atoms with Crippen LogP contribution < -0.4 is 10.6 Å². The maximum atomic E-state index is 11.6. The van der Waals surface area contributed by atoms with Crippen molar-refractivity contribution in [1.29, 1.82) is 0 Å². The summed E-state index contributed by atoms with van der Waals surface area (Å²) in [5.74, 6) is -0.449. The lowest BCUT2D eigenvalue weighted by Gasteiger charge is -2.27. The number of aliphatic carboxylic acids is 1. The fourth-order valence-electron chi connectivity index (χ4n) is 1.49. The first kappa shape index (κ1) is 18.7. The van der Waals surface area contributed by atoms with Crippen molar-refractivity contribution < 1.29 is 19.4 Å². The molecule has 118 valence electrons. The van der Waals surface area contributed by atoms with Crippen molar-refractivity contribution in [2.24, 2.45) is 11.3 Å². The van der Waals surface area contributed by atoms with Gasteiger partial charge in [0.05, 0.1) is 6.61 Å². The van der Waals surface area contributed by atoms with E-state index < -0.39 is 23.5 Å². The SMILES string of the molecule is CC(C)CCOCCNC(=O)N[C@@H](C(=O)O)C(C)(C)C. The molecule has 6 heteroatoms. The van der Waals surface area contributed by atoms with Crippen LogP contribution in [0.15, 0.2) is 0 Å². The fourth-order valence-corrected chi connectivity index (χ4v) is 1.49. The summed E-state index contributed by atoms with van der Waals surface area (Å²) in [6.45, 7) is 11.0. The zero-order chi connectivity index (χ0) is 15.8. The minimum absolute atomic E-state index is 0.362. The maximum absolute atomic E-state index is 11.6. The van der Waals surface area contributed by atoms with Crippen LogP contribution in [0.25, 0.3) is 0 Å². The Labute approximate surface area is 121 Å². The van der Waals surface area contributed by atoms with Gasteiger partial charge in [-0.15, -0.1) is 0 Å². The minimum atomic E-state index is -1.04. The lowest BCUT2D eigenvalue weighted by molar-refractivity contribution is -0.141. The van der Waals surface area contributed by atoms with Crippen LogP contribution in [0.3, 0.4) is 0 Å². The lowest BCUT2D eigenvalue weighted by Crippen LogP contribution is -2.52. The van der Waals surface area contributed by atoms with E-state index >= 15 is 0 Å². The van der Waals surface area contributed by atoms with E-state index in [-0.39, 0.29) is 0 Å². The van der Waals surface area contributed by atoms with Crippen molar-refractivity contribution >= 4 is 12.0 Å². The second kappa shape index (κ2) is 8.79. The third-order valence-corrected chi connectivity index (χ3v) is 2.76. The number of nitrogens with one attached hydrogen (secondary N) is 2. The average Bonchev–Trinajstić information content (AvgIpc) is 2.28. The molecule has 0 aliphatic heterocycles. The molecule has 0 saturated carbocycles. The molecule has 0 rings (SSSR count). The molecule has 0 fully saturated rings. The smallest absolute Gasteiger partial charge is 0.326 e. The van der Waals surface area contributed by atoms with E-state index in [1.54, 1.807) is 20.8 Å². The second-order valence-electron chi connectivity index (χ2n) is 6.33. The molecule has 0 unspecified atom stereocenters. The molecular formula is C14H28N2O4. The normalized spacial score (nSPS) is 13.1. The molecule has 0 heterocycles. The van der Waals surface area contributed by atoms with Crippen LogP contribution in [-0.2, 0) is 9.53 Å². The van der Waals surface area contributed by atoms with Gasteiger partial charge in [-0.2, -0.15) is 0 Å². The molecular weight excluding hydrogens is 260 g/mol. The number of rotatable bonds is 8. The summed E-state index contributed by atoms with van der Waals surface area (Å²) in [5.41, 5.74) is -0.545. The summed E-state index contributed by atoms with van der Waals surface area (Å²) in [7, 11) is 0. The van der Waals surface area contributed by atoms with Gasteiger partial charge in [0, 0.05) is 13.2 Å². The molecule has 0 saturated heterocycles. The number of amides is 2. The Morgan fingerprint density at radius 2 is 1.80 bits per heavy atom. The molecule has 3 N–H and O–H groups in total. The van der Waals surface area contributed by atoms with Crippen molar-refractivity contribution in [1.82, 2.24) is 10.6 Å². The predicted octanol–water partition coefficient (Wildman–Crippen LogP) is 1.85. The first-order valence-corrected chi connectivity index (χ1v) is 6.99. The highest BCUT2D eigenvalue weighted by atomic mass is 16.5. The van der Waals surface area contributed by atoms with Crippen molar-refractivity contribution in [2.75, 3.05) is 19.8 Å². The van der Waals surface area contributed by atoms with Gasteiger partial charge in [0.15, 0.2) is 0 Å². The monoisotopic (exact) mass is 288 g/mol. The summed E-state index contributed by atoms with van der Waals surface area (Å²) in [6, 6.07) is -1.41. The van der Waals surface area contributed by atoms with Crippen LogP contribution in [0.2, 0.25) is 0 Å². The van der Waals surface area contributed by atoms with E-state index in [0.29, 0.717) is 25.7 Å². The summed E-state index contributed by atoms with van der Waals surface area (Å²) in [5, 5.41) is 14.1. The molecule has 6 nitrogen and oxygen atoms in total. The molecule has 1 atom stereocenters. The van der Waals surface area contributed by atoms with E-state index in [1.807, 2.05) is 0 Å². The Morgan fingerprint density at radius 3 is 2.25 bits per heavy atom. The van der Waals surface area contributed by atoms with Crippen molar-refractivity contribution in [3.8, 4) is 0 Å². The number of urea groups is 1.